The lowest BCUT2D eigenvalue weighted by atomic mass is 9.95. The van der Waals surface area contributed by atoms with E-state index >= 15 is 0 Å². The summed E-state index contributed by atoms with van der Waals surface area (Å²) in [6.45, 7) is 4.30. The van der Waals surface area contributed by atoms with Crippen LogP contribution in [0.2, 0.25) is 5.02 Å². The summed E-state index contributed by atoms with van der Waals surface area (Å²) in [6.07, 6.45) is 1.38. The summed E-state index contributed by atoms with van der Waals surface area (Å²) in [7, 11) is 0. The van der Waals surface area contributed by atoms with E-state index in [1.165, 1.54) is 11.1 Å². The summed E-state index contributed by atoms with van der Waals surface area (Å²) >= 11 is 8.32. The van der Waals surface area contributed by atoms with E-state index in [4.69, 9.17) is 11.6 Å². The van der Waals surface area contributed by atoms with Crippen molar-refractivity contribution in [2.75, 3.05) is 0 Å². The maximum atomic E-state index is 10.5. The summed E-state index contributed by atoms with van der Waals surface area (Å²) in [4.78, 5) is 0. The minimum atomic E-state index is -0.624. The molecular formula is C17H18ClIO. The van der Waals surface area contributed by atoms with Crippen molar-refractivity contribution < 1.29 is 5.11 Å². The number of aliphatic hydroxyl groups excluding tert-OH is 1. The van der Waals surface area contributed by atoms with Gasteiger partial charge in [-0.25, -0.2) is 0 Å². The topological polar surface area (TPSA) is 20.2 Å². The Balaban J connectivity index is 2.37. The van der Waals surface area contributed by atoms with E-state index in [1.54, 1.807) is 0 Å². The van der Waals surface area contributed by atoms with Gasteiger partial charge >= 0.3 is 0 Å². The molecule has 2 rings (SSSR count). The summed E-state index contributed by atoms with van der Waals surface area (Å²) in [5, 5.41) is 11.2. The molecule has 3 heteroatoms. The molecule has 0 saturated carbocycles. The minimum absolute atomic E-state index is 0.624. The second kappa shape index (κ2) is 6.92. The van der Waals surface area contributed by atoms with Crippen LogP contribution in [0.5, 0.6) is 0 Å². The van der Waals surface area contributed by atoms with E-state index in [0.717, 1.165) is 27.5 Å². The Morgan fingerprint density at radius 2 is 1.60 bits per heavy atom. The predicted octanol–water partition coefficient (Wildman–Crippen LogP) is 5.15. The van der Waals surface area contributed by atoms with Crippen molar-refractivity contribution in [1.82, 2.24) is 0 Å². The Morgan fingerprint density at radius 1 is 1.00 bits per heavy atom. The fourth-order valence-corrected chi connectivity index (χ4v) is 2.89. The Hall–Kier alpha value is -0.580. The van der Waals surface area contributed by atoms with Gasteiger partial charge < -0.3 is 5.11 Å². The highest BCUT2D eigenvalue weighted by Gasteiger charge is 2.13. The summed E-state index contributed by atoms with van der Waals surface area (Å²) in [5.41, 5.74) is 4.42. The maximum absolute atomic E-state index is 10.5. The molecule has 2 aromatic rings. The van der Waals surface area contributed by atoms with E-state index in [1.807, 2.05) is 24.3 Å². The summed E-state index contributed by atoms with van der Waals surface area (Å²) in [5.74, 6) is 0. The fourth-order valence-electron chi connectivity index (χ4n) is 2.36. The van der Waals surface area contributed by atoms with Gasteiger partial charge in [-0.15, -0.1) is 0 Å². The van der Waals surface area contributed by atoms with Crippen LogP contribution in [0.3, 0.4) is 0 Å². The quantitative estimate of drug-likeness (QED) is 0.704. The number of aliphatic hydroxyl groups is 1. The van der Waals surface area contributed by atoms with Crippen LogP contribution in [0.25, 0.3) is 0 Å². The van der Waals surface area contributed by atoms with E-state index in [9.17, 15) is 5.11 Å². The van der Waals surface area contributed by atoms with Gasteiger partial charge in [0.05, 0.1) is 5.02 Å². The largest absolute Gasteiger partial charge is 0.384 e. The highest BCUT2D eigenvalue weighted by Crippen LogP contribution is 2.28. The van der Waals surface area contributed by atoms with E-state index in [0.29, 0.717) is 5.02 Å². The molecule has 1 unspecified atom stereocenters. The molecule has 0 aliphatic heterocycles. The zero-order chi connectivity index (χ0) is 14.7. The van der Waals surface area contributed by atoms with Crippen molar-refractivity contribution in [2.24, 2.45) is 0 Å². The van der Waals surface area contributed by atoms with Crippen molar-refractivity contribution in [3.05, 3.63) is 67.2 Å². The Kier molecular flexibility index (Phi) is 5.47. The number of halogens is 2. The molecule has 0 saturated heterocycles. The molecule has 0 fully saturated rings. The molecule has 1 atom stereocenters. The average Bonchev–Trinajstić information content (AvgIpc) is 2.48. The third-order valence-electron chi connectivity index (χ3n) is 3.57. The standard InChI is InChI=1S/C17H18ClIO/c1-3-11-5-6-13(9-12(11)4-2)17(20)14-7-8-16(19)15(18)10-14/h5-10,17,20H,3-4H2,1-2H3. The first-order chi connectivity index (χ1) is 9.56. The van der Waals surface area contributed by atoms with Crippen LogP contribution < -0.4 is 0 Å². The van der Waals surface area contributed by atoms with E-state index < -0.39 is 6.10 Å². The highest BCUT2D eigenvalue weighted by atomic mass is 127. The zero-order valence-electron chi connectivity index (χ0n) is 11.7. The second-order valence-corrected chi connectivity index (χ2v) is 6.38. The van der Waals surface area contributed by atoms with Crippen molar-refractivity contribution in [3.63, 3.8) is 0 Å². The molecule has 0 spiro atoms. The van der Waals surface area contributed by atoms with Crippen LogP contribution in [0, 0.1) is 3.57 Å². The lowest BCUT2D eigenvalue weighted by Crippen LogP contribution is -2.02. The van der Waals surface area contributed by atoms with Gasteiger partial charge in [0.25, 0.3) is 0 Å². The second-order valence-electron chi connectivity index (χ2n) is 4.81. The molecule has 0 amide bonds. The Bertz CT molecular complexity index is 610. The molecule has 20 heavy (non-hydrogen) atoms. The summed E-state index contributed by atoms with van der Waals surface area (Å²) in [6, 6.07) is 11.9. The molecule has 0 radical (unpaired) electrons. The molecule has 0 aromatic heterocycles. The third kappa shape index (κ3) is 3.35. The predicted molar refractivity (Wildman–Crippen MR) is 93.4 cm³/mol. The average molecular weight is 401 g/mol. The van der Waals surface area contributed by atoms with Gasteiger partial charge in [-0.05, 0) is 69.8 Å². The van der Waals surface area contributed by atoms with Crippen molar-refractivity contribution in [1.29, 1.82) is 0 Å². The summed E-state index contributed by atoms with van der Waals surface area (Å²) < 4.78 is 0.996. The normalized spacial score (nSPS) is 12.4. The van der Waals surface area contributed by atoms with E-state index in [-0.39, 0.29) is 0 Å². The minimum Gasteiger partial charge on any atom is -0.384 e. The molecular weight excluding hydrogens is 383 g/mol. The van der Waals surface area contributed by atoms with Crippen LogP contribution >= 0.6 is 34.2 Å². The first-order valence-electron chi connectivity index (χ1n) is 6.81. The number of hydrogen-bond acceptors (Lipinski definition) is 1. The SMILES string of the molecule is CCc1ccc(C(O)c2ccc(I)c(Cl)c2)cc1CC. The van der Waals surface area contributed by atoms with Crippen LogP contribution in [0.4, 0.5) is 0 Å². The first kappa shape index (κ1) is 15.8. The third-order valence-corrected chi connectivity index (χ3v) is 5.14. The van der Waals surface area contributed by atoms with Crippen LogP contribution in [0.15, 0.2) is 36.4 Å². The molecule has 0 aliphatic rings. The van der Waals surface area contributed by atoms with Crippen LogP contribution in [-0.2, 0) is 12.8 Å². The molecule has 2 aromatic carbocycles. The maximum Gasteiger partial charge on any atom is 0.104 e. The van der Waals surface area contributed by atoms with Gasteiger partial charge in [0.2, 0.25) is 0 Å². The zero-order valence-corrected chi connectivity index (χ0v) is 14.6. The van der Waals surface area contributed by atoms with Crippen molar-refractivity contribution in [2.45, 2.75) is 32.8 Å². The van der Waals surface area contributed by atoms with Gasteiger partial charge in [-0.3, -0.25) is 0 Å². The highest BCUT2D eigenvalue weighted by molar-refractivity contribution is 14.1. The lowest BCUT2D eigenvalue weighted by molar-refractivity contribution is 0.220. The monoisotopic (exact) mass is 400 g/mol. The van der Waals surface area contributed by atoms with Gasteiger partial charge in [-0.2, -0.15) is 0 Å². The lowest BCUT2D eigenvalue weighted by Gasteiger charge is -2.15. The molecule has 0 bridgehead atoms. The molecule has 1 N–H and O–H groups in total. The molecule has 0 aliphatic carbocycles. The van der Waals surface area contributed by atoms with Crippen LogP contribution in [0.1, 0.15) is 42.2 Å². The Labute approximate surface area is 139 Å². The molecule has 0 heterocycles. The first-order valence-corrected chi connectivity index (χ1v) is 8.27. The molecule has 1 nitrogen and oxygen atoms in total. The Morgan fingerprint density at radius 3 is 2.20 bits per heavy atom. The van der Waals surface area contributed by atoms with Crippen LogP contribution in [-0.4, -0.2) is 5.11 Å². The van der Waals surface area contributed by atoms with Gasteiger partial charge in [0, 0.05) is 3.57 Å². The molecule has 106 valence electrons. The van der Waals surface area contributed by atoms with Gasteiger partial charge in [0.15, 0.2) is 0 Å². The van der Waals surface area contributed by atoms with Crippen molar-refractivity contribution in [3.8, 4) is 0 Å². The van der Waals surface area contributed by atoms with Gasteiger partial charge in [-0.1, -0.05) is 49.7 Å². The number of rotatable bonds is 4. The smallest absolute Gasteiger partial charge is 0.104 e. The number of benzene rings is 2. The number of hydrogen-bond donors (Lipinski definition) is 1. The number of aryl methyl sites for hydroxylation is 2. The van der Waals surface area contributed by atoms with Gasteiger partial charge in [0.1, 0.15) is 6.10 Å². The van der Waals surface area contributed by atoms with Crippen molar-refractivity contribution >= 4 is 34.2 Å². The van der Waals surface area contributed by atoms with E-state index in [2.05, 4.69) is 48.6 Å². The fraction of sp³-hybridized carbons (Fsp3) is 0.294.